The third kappa shape index (κ3) is 17.3. The lowest BCUT2D eigenvalue weighted by molar-refractivity contribution is -0.873. The summed E-state index contributed by atoms with van der Waals surface area (Å²) in [5.41, 5.74) is 0. The molecule has 0 aliphatic rings. The van der Waals surface area contributed by atoms with Crippen LogP contribution in [0.25, 0.3) is 0 Å². The number of esters is 1. The fraction of sp³-hybridized carbons (Fsp3) is 0.800. The summed E-state index contributed by atoms with van der Waals surface area (Å²) in [5.74, 6) is -1.48. The molecule has 0 rings (SSSR count). The Morgan fingerprint density at radius 2 is 1.52 bits per heavy atom. The molecule has 25 heavy (non-hydrogen) atoms. The number of likely N-dealkylation sites (N-methyl/N-ethyl adjacent to an activating group) is 1. The highest BCUT2D eigenvalue weighted by Gasteiger charge is 2.22. The molecule has 146 valence electrons. The second-order valence-corrected chi connectivity index (χ2v) is 7.82. The molecule has 0 aromatic carbocycles. The maximum atomic E-state index is 11.9. The van der Waals surface area contributed by atoms with Crippen LogP contribution in [0.2, 0.25) is 0 Å². The van der Waals surface area contributed by atoms with Gasteiger partial charge in [0, 0.05) is 18.8 Å². The summed E-state index contributed by atoms with van der Waals surface area (Å²) in [6, 6.07) is 0. The van der Waals surface area contributed by atoms with Gasteiger partial charge in [0.05, 0.1) is 21.1 Å². The number of carboxylic acids is 1. The molecule has 0 aromatic heterocycles. The molecule has 0 saturated carbocycles. The Bertz CT molecular complexity index is 388. The Labute approximate surface area is 153 Å². The second-order valence-electron chi connectivity index (χ2n) is 7.82. The van der Waals surface area contributed by atoms with E-state index in [0.717, 1.165) is 25.7 Å². The van der Waals surface area contributed by atoms with Crippen LogP contribution in [-0.4, -0.2) is 50.2 Å². The number of ether oxygens (including phenoxy) is 1. The third-order valence-electron chi connectivity index (χ3n) is 3.98. The average molecular weight is 356 g/mol. The number of carbonyl (C=O) groups excluding carboxylic acids is 2. The van der Waals surface area contributed by atoms with E-state index in [4.69, 9.17) is 4.74 Å². The van der Waals surface area contributed by atoms with Gasteiger partial charge < -0.3 is 19.1 Å². The molecule has 1 unspecified atom stereocenters. The predicted octanol–water partition coefficient (Wildman–Crippen LogP) is 2.83. The Hall–Kier alpha value is -1.36. The lowest BCUT2D eigenvalue weighted by atomic mass is 10.1. The zero-order valence-electron chi connectivity index (χ0n) is 16.4. The number of allylic oxidation sites excluding steroid dienone is 1. The molecule has 5 nitrogen and oxygen atoms in total. The van der Waals surface area contributed by atoms with Gasteiger partial charge in [-0.1, -0.05) is 44.6 Å². The number of quaternary nitrogens is 1. The number of unbranched alkanes of at least 4 members (excludes halogenated alkanes) is 8. The van der Waals surface area contributed by atoms with Crippen molar-refractivity contribution < 1.29 is 23.9 Å². The van der Waals surface area contributed by atoms with Crippen LogP contribution in [0.1, 0.15) is 70.6 Å². The van der Waals surface area contributed by atoms with E-state index in [0.29, 0.717) is 17.4 Å². The van der Waals surface area contributed by atoms with Crippen LogP contribution in [0, 0.1) is 0 Å². The van der Waals surface area contributed by atoms with Crippen LogP contribution in [0.4, 0.5) is 0 Å². The van der Waals surface area contributed by atoms with E-state index in [-0.39, 0.29) is 12.4 Å². The van der Waals surface area contributed by atoms with Gasteiger partial charge in [-0.05, 0) is 19.3 Å². The van der Waals surface area contributed by atoms with Crippen molar-refractivity contribution in [2.75, 3.05) is 27.7 Å². The van der Waals surface area contributed by atoms with Crippen LogP contribution < -0.4 is 5.11 Å². The first kappa shape index (κ1) is 23.6. The number of carbonyl (C=O) groups is 2. The van der Waals surface area contributed by atoms with Crippen molar-refractivity contribution in [3.63, 3.8) is 0 Å². The SMILES string of the molecule is C=CCCCCCCCCCCC(=O)OC(CC(=O)[O-])C[N+](C)(C)C. The molecule has 0 spiro atoms. The van der Waals surface area contributed by atoms with Gasteiger partial charge in [-0.2, -0.15) is 0 Å². The molecular formula is C20H37NO4. The quantitative estimate of drug-likeness (QED) is 0.185. The van der Waals surface area contributed by atoms with Crippen LogP contribution in [0.5, 0.6) is 0 Å². The maximum absolute atomic E-state index is 11.9. The van der Waals surface area contributed by atoms with Gasteiger partial charge in [0.25, 0.3) is 0 Å². The van der Waals surface area contributed by atoms with Gasteiger partial charge in [0.15, 0.2) is 6.10 Å². The fourth-order valence-electron chi connectivity index (χ4n) is 2.80. The first-order valence-electron chi connectivity index (χ1n) is 9.55. The van der Waals surface area contributed by atoms with Crippen molar-refractivity contribution in [3.05, 3.63) is 12.7 Å². The van der Waals surface area contributed by atoms with Gasteiger partial charge >= 0.3 is 5.97 Å². The first-order chi connectivity index (χ1) is 11.7. The van der Waals surface area contributed by atoms with E-state index in [1.54, 1.807) is 0 Å². The highest BCUT2D eigenvalue weighted by atomic mass is 16.5. The zero-order valence-corrected chi connectivity index (χ0v) is 16.4. The Morgan fingerprint density at radius 1 is 1.00 bits per heavy atom. The lowest BCUT2D eigenvalue weighted by Crippen LogP contribution is -2.45. The van der Waals surface area contributed by atoms with E-state index >= 15 is 0 Å². The number of nitrogens with zero attached hydrogens (tertiary/aromatic N) is 1. The van der Waals surface area contributed by atoms with Crippen LogP contribution >= 0.6 is 0 Å². The summed E-state index contributed by atoms with van der Waals surface area (Å²) in [6.45, 7) is 4.18. The van der Waals surface area contributed by atoms with Crippen molar-refractivity contribution in [3.8, 4) is 0 Å². The topological polar surface area (TPSA) is 66.4 Å². The molecule has 0 amide bonds. The highest BCUT2D eigenvalue weighted by Crippen LogP contribution is 2.12. The Balaban J connectivity index is 3.78. The lowest BCUT2D eigenvalue weighted by Gasteiger charge is -2.29. The van der Waals surface area contributed by atoms with E-state index in [9.17, 15) is 14.7 Å². The van der Waals surface area contributed by atoms with E-state index in [2.05, 4.69) is 6.58 Å². The fourth-order valence-corrected chi connectivity index (χ4v) is 2.80. The first-order valence-corrected chi connectivity index (χ1v) is 9.55. The number of rotatable bonds is 16. The summed E-state index contributed by atoms with van der Waals surface area (Å²) in [4.78, 5) is 22.7. The van der Waals surface area contributed by atoms with Crippen LogP contribution in [0.3, 0.4) is 0 Å². The summed E-state index contributed by atoms with van der Waals surface area (Å²) in [6.07, 6.45) is 11.8. The van der Waals surface area contributed by atoms with E-state index < -0.39 is 12.1 Å². The molecule has 0 fully saturated rings. The van der Waals surface area contributed by atoms with Gasteiger partial charge in [-0.15, -0.1) is 6.58 Å². The average Bonchev–Trinajstić information content (AvgIpc) is 2.46. The minimum atomic E-state index is -1.18. The largest absolute Gasteiger partial charge is 0.550 e. The van der Waals surface area contributed by atoms with Crippen LogP contribution in [-0.2, 0) is 14.3 Å². The monoisotopic (exact) mass is 355 g/mol. The third-order valence-corrected chi connectivity index (χ3v) is 3.98. The molecule has 0 aliphatic heterocycles. The molecule has 0 N–H and O–H groups in total. The van der Waals surface area contributed by atoms with Gasteiger partial charge in [-0.25, -0.2) is 0 Å². The normalized spacial score (nSPS) is 12.6. The molecule has 0 radical (unpaired) electrons. The smallest absolute Gasteiger partial charge is 0.306 e. The summed E-state index contributed by atoms with van der Waals surface area (Å²) >= 11 is 0. The molecule has 0 heterocycles. The number of aliphatic carboxylic acids is 1. The van der Waals surface area contributed by atoms with E-state index in [1.807, 2.05) is 27.2 Å². The minimum absolute atomic E-state index is 0.243. The Kier molecular flexibility index (Phi) is 13.1. The number of hydrogen-bond donors (Lipinski definition) is 0. The Morgan fingerprint density at radius 3 is 2.00 bits per heavy atom. The summed E-state index contributed by atoms with van der Waals surface area (Å²) < 4.78 is 5.88. The standard InChI is InChI=1S/C20H37NO4/c1-5-6-7-8-9-10-11-12-13-14-15-20(24)25-18(16-19(22)23)17-21(2,3)4/h5,18H,1,6-17H2,2-4H3. The van der Waals surface area contributed by atoms with Crippen LogP contribution in [0.15, 0.2) is 12.7 Å². The van der Waals surface area contributed by atoms with E-state index in [1.165, 1.54) is 32.1 Å². The predicted molar refractivity (Wildman–Crippen MR) is 98.8 cm³/mol. The molecule has 0 aliphatic carbocycles. The van der Waals surface area contributed by atoms with Crippen molar-refractivity contribution in [2.45, 2.75) is 76.7 Å². The van der Waals surface area contributed by atoms with Crippen molar-refractivity contribution in [1.29, 1.82) is 0 Å². The van der Waals surface area contributed by atoms with Crippen molar-refractivity contribution in [1.82, 2.24) is 0 Å². The van der Waals surface area contributed by atoms with Gasteiger partial charge in [0.2, 0.25) is 0 Å². The molecule has 0 bridgehead atoms. The highest BCUT2D eigenvalue weighted by molar-refractivity contribution is 5.70. The van der Waals surface area contributed by atoms with Gasteiger partial charge in [-0.3, -0.25) is 4.79 Å². The molecule has 0 aromatic rings. The maximum Gasteiger partial charge on any atom is 0.306 e. The van der Waals surface area contributed by atoms with Crippen molar-refractivity contribution >= 4 is 11.9 Å². The minimum Gasteiger partial charge on any atom is -0.550 e. The van der Waals surface area contributed by atoms with Gasteiger partial charge in [0.1, 0.15) is 6.54 Å². The number of hydrogen-bond acceptors (Lipinski definition) is 4. The molecular weight excluding hydrogens is 318 g/mol. The number of carboxylic acid groups (broad SMARTS) is 1. The molecule has 0 saturated heterocycles. The molecule has 5 heteroatoms. The summed E-state index contributed by atoms with van der Waals surface area (Å²) in [7, 11) is 5.81. The summed E-state index contributed by atoms with van der Waals surface area (Å²) in [5, 5.41) is 10.8. The second kappa shape index (κ2) is 13.9. The zero-order chi connectivity index (χ0) is 19.1. The molecule has 1 atom stereocenters. The van der Waals surface area contributed by atoms with Crippen molar-refractivity contribution in [2.24, 2.45) is 0 Å².